The van der Waals surface area contributed by atoms with Crippen molar-refractivity contribution in [1.29, 1.82) is 0 Å². The Morgan fingerprint density at radius 1 is 1.20 bits per heavy atom. The smallest absolute Gasteiger partial charge is 0.278 e. The molecular formula is C18H20N4O2S. The fourth-order valence-electron chi connectivity index (χ4n) is 2.68. The van der Waals surface area contributed by atoms with Crippen LogP contribution in [0.4, 0.5) is 5.13 Å². The monoisotopic (exact) mass is 356 g/mol. The zero-order chi connectivity index (χ0) is 17.6. The van der Waals surface area contributed by atoms with Crippen LogP contribution in [0.5, 0.6) is 0 Å². The lowest BCUT2D eigenvalue weighted by Gasteiger charge is -2.10. The standard InChI is InChI=1S/C18H20N4O2S/c1-2-3-4-7-11-22-17(24)14-9-6-5-8-13(14)15(21-22)16(23)20-18-19-10-12-25-18/h5-6,8-10,12H,2-4,7,11H2,1H3,(H,19,20,23). The van der Waals surface area contributed by atoms with Crippen LogP contribution in [0, 0.1) is 0 Å². The lowest BCUT2D eigenvalue weighted by molar-refractivity contribution is 0.102. The normalized spacial score (nSPS) is 10.9. The Labute approximate surface area is 149 Å². The van der Waals surface area contributed by atoms with Gasteiger partial charge in [0.2, 0.25) is 0 Å². The van der Waals surface area contributed by atoms with E-state index >= 15 is 0 Å². The number of aryl methyl sites for hydroxylation is 1. The Kier molecular flexibility index (Phi) is 5.55. The van der Waals surface area contributed by atoms with Crippen LogP contribution < -0.4 is 10.9 Å². The van der Waals surface area contributed by atoms with E-state index in [2.05, 4.69) is 22.3 Å². The summed E-state index contributed by atoms with van der Waals surface area (Å²) in [6.45, 7) is 2.66. The number of benzene rings is 1. The van der Waals surface area contributed by atoms with Gasteiger partial charge in [0.15, 0.2) is 10.8 Å². The van der Waals surface area contributed by atoms with Gasteiger partial charge in [-0.3, -0.25) is 14.9 Å². The number of hydrogen-bond donors (Lipinski definition) is 1. The maximum atomic E-state index is 12.6. The van der Waals surface area contributed by atoms with Gasteiger partial charge < -0.3 is 0 Å². The quantitative estimate of drug-likeness (QED) is 0.655. The van der Waals surface area contributed by atoms with Gasteiger partial charge in [-0.15, -0.1) is 11.3 Å². The summed E-state index contributed by atoms with van der Waals surface area (Å²) in [7, 11) is 0. The molecule has 0 atom stereocenters. The summed E-state index contributed by atoms with van der Waals surface area (Å²) in [5.41, 5.74) is 0.0961. The molecule has 2 aromatic heterocycles. The van der Waals surface area contributed by atoms with Crippen molar-refractivity contribution in [3.63, 3.8) is 0 Å². The molecule has 3 rings (SSSR count). The average molecular weight is 356 g/mol. The van der Waals surface area contributed by atoms with Crippen LogP contribution in [0.1, 0.15) is 43.1 Å². The third-order valence-corrected chi connectivity index (χ3v) is 4.65. The first-order chi connectivity index (χ1) is 12.2. The molecule has 2 heterocycles. The molecule has 0 aliphatic rings. The number of carbonyl (C=O) groups excluding carboxylic acids is 1. The number of unbranched alkanes of at least 4 members (excludes halogenated alkanes) is 3. The molecule has 1 N–H and O–H groups in total. The fraction of sp³-hybridized carbons (Fsp3) is 0.333. The summed E-state index contributed by atoms with van der Waals surface area (Å²) in [6, 6.07) is 7.09. The molecule has 0 bridgehead atoms. The fourth-order valence-corrected chi connectivity index (χ4v) is 3.21. The highest BCUT2D eigenvalue weighted by molar-refractivity contribution is 7.13. The van der Waals surface area contributed by atoms with Crippen molar-refractivity contribution in [3.8, 4) is 0 Å². The zero-order valence-electron chi connectivity index (χ0n) is 14.1. The second-order valence-electron chi connectivity index (χ2n) is 5.77. The predicted octanol–water partition coefficient (Wildman–Crippen LogP) is 3.69. The molecule has 0 aliphatic heterocycles. The van der Waals surface area contributed by atoms with Crippen molar-refractivity contribution in [1.82, 2.24) is 14.8 Å². The summed E-state index contributed by atoms with van der Waals surface area (Å²) >= 11 is 1.34. The molecular weight excluding hydrogens is 336 g/mol. The van der Waals surface area contributed by atoms with Gasteiger partial charge in [-0.1, -0.05) is 44.4 Å². The first-order valence-corrected chi connectivity index (χ1v) is 9.29. The summed E-state index contributed by atoms with van der Waals surface area (Å²) < 4.78 is 1.41. The molecule has 0 spiro atoms. The van der Waals surface area contributed by atoms with E-state index in [0.29, 0.717) is 22.4 Å². The van der Waals surface area contributed by atoms with Gasteiger partial charge in [0.25, 0.3) is 11.5 Å². The van der Waals surface area contributed by atoms with Crippen molar-refractivity contribution >= 4 is 33.1 Å². The summed E-state index contributed by atoms with van der Waals surface area (Å²) in [4.78, 5) is 29.3. The van der Waals surface area contributed by atoms with Gasteiger partial charge in [0, 0.05) is 23.5 Å². The average Bonchev–Trinajstić information content (AvgIpc) is 3.13. The van der Waals surface area contributed by atoms with Crippen LogP contribution in [0.3, 0.4) is 0 Å². The highest BCUT2D eigenvalue weighted by Crippen LogP contribution is 2.17. The number of thiazole rings is 1. The van der Waals surface area contributed by atoms with E-state index in [1.54, 1.807) is 35.8 Å². The molecule has 0 saturated carbocycles. The van der Waals surface area contributed by atoms with Crippen molar-refractivity contribution < 1.29 is 4.79 Å². The van der Waals surface area contributed by atoms with Gasteiger partial charge in [-0.25, -0.2) is 9.67 Å². The Balaban J connectivity index is 1.96. The molecule has 1 amide bonds. The number of carbonyl (C=O) groups is 1. The summed E-state index contributed by atoms with van der Waals surface area (Å²) in [5, 5.41) is 10.5. The molecule has 1 aromatic carbocycles. The van der Waals surface area contributed by atoms with Crippen LogP contribution in [0.15, 0.2) is 40.6 Å². The maximum Gasteiger partial charge on any atom is 0.278 e. The number of hydrogen-bond acceptors (Lipinski definition) is 5. The Morgan fingerprint density at radius 3 is 2.72 bits per heavy atom. The largest absolute Gasteiger partial charge is 0.296 e. The van der Waals surface area contributed by atoms with Gasteiger partial charge in [0.05, 0.1) is 5.39 Å². The number of nitrogens with one attached hydrogen (secondary N) is 1. The SMILES string of the molecule is CCCCCCn1nc(C(=O)Nc2nccs2)c2ccccc2c1=O. The molecule has 25 heavy (non-hydrogen) atoms. The van der Waals surface area contributed by atoms with Crippen LogP contribution >= 0.6 is 11.3 Å². The van der Waals surface area contributed by atoms with Crippen LogP contribution in [-0.2, 0) is 6.54 Å². The van der Waals surface area contributed by atoms with Gasteiger partial charge in [-0.05, 0) is 12.5 Å². The third-order valence-electron chi connectivity index (χ3n) is 3.96. The lowest BCUT2D eigenvalue weighted by Crippen LogP contribution is -2.27. The molecule has 3 aromatic rings. The number of fused-ring (bicyclic) bond motifs is 1. The molecule has 7 heteroatoms. The minimum atomic E-state index is -0.353. The zero-order valence-corrected chi connectivity index (χ0v) is 14.9. The molecule has 0 fully saturated rings. The van der Waals surface area contributed by atoms with Crippen molar-refractivity contribution in [2.75, 3.05) is 5.32 Å². The topological polar surface area (TPSA) is 76.9 Å². The molecule has 0 unspecified atom stereocenters. The first-order valence-electron chi connectivity index (χ1n) is 8.41. The Hall–Kier alpha value is -2.54. The maximum absolute atomic E-state index is 12.6. The summed E-state index contributed by atoms with van der Waals surface area (Å²) in [5.74, 6) is -0.353. The highest BCUT2D eigenvalue weighted by atomic mass is 32.1. The van der Waals surface area contributed by atoms with Gasteiger partial charge in [0.1, 0.15) is 0 Å². The highest BCUT2D eigenvalue weighted by Gasteiger charge is 2.17. The van der Waals surface area contributed by atoms with E-state index in [4.69, 9.17) is 0 Å². The van der Waals surface area contributed by atoms with Crippen molar-refractivity contribution in [2.45, 2.75) is 39.2 Å². The number of anilines is 1. The lowest BCUT2D eigenvalue weighted by atomic mass is 10.1. The summed E-state index contributed by atoms with van der Waals surface area (Å²) in [6.07, 6.45) is 5.78. The number of nitrogens with zero attached hydrogens (tertiary/aromatic N) is 3. The van der Waals surface area contributed by atoms with E-state index in [-0.39, 0.29) is 17.2 Å². The van der Waals surface area contributed by atoms with E-state index in [9.17, 15) is 9.59 Å². The van der Waals surface area contributed by atoms with E-state index in [0.717, 1.165) is 25.7 Å². The minimum Gasteiger partial charge on any atom is -0.296 e. The second-order valence-corrected chi connectivity index (χ2v) is 6.67. The minimum absolute atomic E-state index is 0.155. The number of aromatic nitrogens is 3. The number of rotatable bonds is 7. The van der Waals surface area contributed by atoms with E-state index in [1.165, 1.54) is 16.0 Å². The van der Waals surface area contributed by atoms with Gasteiger partial charge in [-0.2, -0.15) is 5.10 Å². The Morgan fingerprint density at radius 2 is 2.00 bits per heavy atom. The van der Waals surface area contributed by atoms with Crippen molar-refractivity contribution in [2.24, 2.45) is 0 Å². The van der Waals surface area contributed by atoms with E-state index < -0.39 is 0 Å². The third kappa shape index (κ3) is 3.93. The molecule has 0 radical (unpaired) electrons. The van der Waals surface area contributed by atoms with Crippen LogP contribution in [0.2, 0.25) is 0 Å². The van der Waals surface area contributed by atoms with Crippen LogP contribution in [-0.4, -0.2) is 20.7 Å². The van der Waals surface area contributed by atoms with Gasteiger partial charge >= 0.3 is 0 Å². The molecule has 0 aliphatic carbocycles. The van der Waals surface area contributed by atoms with Crippen molar-refractivity contribution in [3.05, 3.63) is 51.9 Å². The number of amides is 1. The molecule has 130 valence electrons. The second kappa shape index (κ2) is 8.02. The van der Waals surface area contributed by atoms with Crippen LogP contribution in [0.25, 0.3) is 10.8 Å². The molecule has 6 nitrogen and oxygen atoms in total. The first kappa shape index (κ1) is 17.3. The predicted molar refractivity (Wildman–Crippen MR) is 100 cm³/mol. The Bertz CT molecular complexity index is 918. The van der Waals surface area contributed by atoms with E-state index in [1.807, 2.05) is 0 Å². The molecule has 0 saturated heterocycles.